The molecule has 2 amide bonds. The molecule has 3 rings (SSSR count). The predicted octanol–water partition coefficient (Wildman–Crippen LogP) is 3.49. The van der Waals surface area contributed by atoms with Gasteiger partial charge in [0.15, 0.2) is 0 Å². The van der Waals surface area contributed by atoms with Gasteiger partial charge in [0.25, 0.3) is 0 Å². The molecule has 0 spiro atoms. The lowest BCUT2D eigenvalue weighted by Gasteiger charge is -2.27. The molecule has 0 radical (unpaired) electrons. The fourth-order valence-corrected chi connectivity index (χ4v) is 2.91. The molecule has 1 atom stereocenters. The van der Waals surface area contributed by atoms with Gasteiger partial charge in [-0.05, 0) is 37.3 Å². The van der Waals surface area contributed by atoms with Crippen molar-refractivity contribution in [2.24, 2.45) is 0 Å². The van der Waals surface area contributed by atoms with E-state index in [0.717, 1.165) is 16.9 Å². The number of benzene rings is 2. The molecule has 0 aliphatic carbocycles. The van der Waals surface area contributed by atoms with Crippen molar-refractivity contribution in [3.63, 3.8) is 0 Å². The van der Waals surface area contributed by atoms with E-state index in [1.54, 1.807) is 0 Å². The number of carbonyl (C=O) groups excluding carboxylic acids is 2. The maximum atomic E-state index is 12.9. The zero-order chi connectivity index (χ0) is 18.5. The van der Waals surface area contributed by atoms with Gasteiger partial charge in [0.1, 0.15) is 11.6 Å². The molecule has 1 aliphatic rings. The molecule has 1 unspecified atom stereocenters. The number of anilines is 1. The van der Waals surface area contributed by atoms with Crippen molar-refractivity contribution < 1.29 is 18.7 Å². The summed E-state index contributed by atoms with van der Waals surface area (Å²) in [6.45, 7) is 2.54. The summed E-state index contributed by atoms with van der Waals surface area (Å²) in [5.41, 5.74) is 2.58. The number of halogens is 1. The normalized spacial score (nSPS) is 15.5. The molecule has 0 aromatic heterocycles. The first kappa shape index (κ1) is 17.9. The minimum Gasteiger partial charge on any atom is -0.493 e. The third-order valence-corrected chi connectivity index (χ3v) is 4.25. The van der Waals surface area contributed by atoms with Crippen molar-refractivity contribution in [1.82, 2.24) is 5.32 Å². The van der Waals surface area contributed by atoms with Crippen LogP contribution in [0.25, 0.3) is 0 Å². The van der Waals surface area contributed by atoms with Crippen molar-refractivity contribution >= 4 is 17.5 Å². The van der Waals surface area contributed by atoms with Gasteiger partial charge in [-0.1, -0.05) is 17.7 Å². The van der Waals surface area contributed by atoms with Gasteiger partial charge in [-0.25, -0.2) is 4.39 Å². The molecule has 0 bridgehead atoms. The molecule has 26 heavy (non-hydrogen) atoms. The second-order valence-corrected chi connectivity index (χ2v) is 6.35. The van der Waals surface area contributed by atoms with E-state index in [4.69, 9.17) is 4.74 Å². The Balaban J connectivity index is 1.51. The van der Waals surface area contributed by atoms with Crippen molar-refractivity contribution in [3.8, 4) is 5.75 Å². The van der Waals surface area contributed by atoms with Crippen LogP contribution in [0, 0.1) is 12.7 Å². The Kier molecular flexibility index (Phi) is 5.51. The van der Waals surface area contributed by atoms with Gasteiger partial charge in [-0.2, -0.15) is 0 Å². The minimum atomic E-state index is -0.366. The molecule has 2 N–H and O–H groups in total. The molecular weight excluding hydrogens is 335 g/mol. The zero-order valence-electron chi connectivity index (χ0n) is 14.5. The summed E-state index contributed by atoms with van der Waals surface area (Å²) in [5.74, 6) is -0.0378. The summed E-state index contributed by atoms with van der Waals surface area (Å²) in [5, 5.41) is 5.63. The molecule has 2 aromatic carbocycles. The first-order chi connectivity index (χ1) is 12.5. The highest BCUT2D eigenvalue weighted by Gasteiger charge is 2.23. The summed E-state index contributed by atoms with van der Waals surface area (Å²) in [6.07, 6.45) is 0.850. The van der Waals surface area contributed by atoms with Gasteiger partial charge in [-0.15, -0.1) is 0 Å². The van der Waals surface area contributed by atoms with Crippen LogP contribution >= 0.6 is 0 Å². The Labute approximate surface area is 151 Å². The largest absolute Gasteiger partial charge is 0.493 e. The minimum absolute atomic E-state index is 0.0626. The Morgan fingerprint density at radius 3 is 2.62 bits per heavy atom. The van der Waals surface area contributed by atoms with E-state index in [9.17, 15) is 14.0 Å². The summed E-state index contributed by atoms with van der Waals surface area (Å²) in [7, 11) is 0. The standard InChI is InChI=1S/C20H21FN2O3/c1-13-2-7-18-16(12-13)17(10-11-26-18)23-20(25)9-8-19(24)22-15-5-3-14(21)4-6-15/h2-7,12,17H,8-11H2,1H3,(H,22,24)(H,23,25). The quantitative estimate of drug-likeness (QED) is 0.862. The number of hydrogen-bond donors (Lipinski definition) is 2. The van der Waals surface area contributed by atoms with Gasteiger partial charge < -0.3 is 15.4 Å². The van der Waals surface area contributed by atoms with Gasteiger partial charge >= 0.3 is 0 Å². The molecule has 0 fully saturated rings. The lowest BCUT2D eigenvalue weighted by atomic mass is 9.98. The van der Waals surface area contributed by atoms with E-state index in [-0.39, 0.29) is 36.5 Å². The monoisotopic (exact) mass is 356 g/mol. The number of fused-ring (bicyclic) bond motifs is 1. The van der Waals surface area contributed by atoms with Crippen LogP contribution in [0.15, 0.2) is 42.5 Å². The fourth-order valence-electron chi connectivity index (χ4n) is 2.91. The molecule has 1 heterocycles. The van der Waals surface area contributed by atoms with Gasteiger partial charge in [0.2, 0.25) is 11.8 Å². The van der Waals surface area contributed by atoms with E-state index in [0.29, 0.717) is 18.7 Å². The second-order valence-electron chi connectivity index (χ2n) is 6.35. The van der Waals surface area contributed by atoms with Crippen LogP contribution in [-0.4, -0.2) is 18.4 Å². The van der Waals surface area contributed by atoms with Crippen LogP contribution in [0.2, 0.25) is 0 Å². The third kappa shape index (κ3) is 4.59. The fraction of sp³-hybridized carbons (Fsp3) is 0.300. The molecule has 2 aromatic rings. The van der Waals surface area contributed by atoms with Crippen molar-refractivity contribution in [2.75, 3.05) is 11.9 Å². The number of amides is 2. The number of nitrogens with one attached hydrogen (secondary N) is 2. The summed E-state index contributed by atoms with van der Waals surface area (Å²) < 4.78 is 18.5. The van der Waals surface area contributed by atoms with Crippen LogP contribution in [0.3, 0.4) is 0 Å². The van der Waals surface area contributed by atoms with Crippen molar-refractivity contribution in [3.05, 3.63) is 59.4 Å². The Bertz CT molecular complexity index is 805. The molecule has 136 valence electrons. The first-order valence-corrected chi connectivity index (χ1v) is 8.59. The van der Waals surface area contributed by atoms with Crippen LogP contribution in [-0.2, 0) is 9.59 Å². The Morgan fingerprint density at radius 1 is 1.12 bits per heavy atom. The van der Waals surface area contributed by atoms with Crippen molar-refractivity contribution in [2.45, 2.75) is 32.2 Å². The number of carbonyl (C=O) groups is 2. The number of aryl methyl sites for hydroxylation is 1. The molecule has 5 nitrogen and oxygen atoms in total. The highest BCUT2D eigenvalue weighted by atomic mass is 19.1. The topological polar surface area (TPSA) is 67.4 Å². The highest BCUT2D eigenvalue weighted by Crippen LogP contribution is 2.32. The van der Waals surface area contributed by atoms with Crippen molar-refractivity contribution in [1.29, 1.82) is 0 Å². The molecule has 6 heteroatoms. The lowest BCUT2D eigenvalue weighted by Crippen LogP contribution is -2.32. The average Bonchev–Trinajstić information content (AvgIpc) is 2.62. The van der Waals surface area contributed by atoms with E-state index in [2.05, 4.69) is 10.6 Å². The summed E-state index contributed by atoms with van der Waals surface area (Å²) in [6, 6.07) is 11.3. The smallest absolute Gasteiger partial charge is 0.224 e. The summed E-state index contributed by atoms with van der Waals surface area (Å²) >= 11 is 0. The van der Waals surface area contributed by atoms with Crippen LogP contribution in [0.1, 0.15) is 36.4 Å². The van der Waals surface area contributed by atoms with Gasteiger partial charge in [0, 0.05) is 30.5 Å². The molecule has 0 saturated heterocycles. The van der Waals surface area contributed by atoms with Crippen LogP contribution in [0.5, 0.6) is 5.75 Å². The van der Waals surface area contributed by atoms with E-state index < -0.39 is 0 Å². The predicted molar refractivity (Wildman–Crippen MR) is 96.4 cm³/mol. The number of hydrogen-bond acceptors (Lipinski definition) is 3. The van der Waals surface area contributed by atoms with Gasteiger partial charge in [-0.3, -0.25) is 9.59 Å². The van der Waals surface area contributed by atoms with E-state index in [1.807, 2.05) is 25.1 Å². The first-order valence-electron chi connectivity index (χ1n) is 8.59. The van der Waals surface area contributed by atoms with E-state index in [1.165, 1.54) is 24.3 Å². The average molecular weight is 356 g/mol. The lowest BCUT2D eigenvalue weighted by molar-refractivity contribution is -0.125. The summed E-state index contributed by atoms with van der Waals surface area (Å²) in [4.78, 5) is 24.2. The maximum absolute atomic E-state index is 12.9. The Hall–Kier alpha value is -2.89. The zero-order valence-corrected chi connectivity index (χ0v) is 14.5. The third-order valence-electron chi connectivity index (χ3n) is 4.25. The molecule has 0 saturated carbocycles. The maximum Gasteiger partial charge on any atom is 0.224 e. The number of rotatable bonds is 5. The Morgan fingerprint density at radius 2 is 1.85 bits per heavy atom. The number of ether oxygens (including phenoxy) is 1. The second kappa shape index (κ2) is 7.99. The molecular formula is C20H21FN2O3. The van der Waals surface area contributed by atoms with Crippen LogP contribution in [0.4, 0.5) is 10.1 Å². The van der Waals surface area contributed by atoms with Crippen LogP contribution < -0.4 is 15.4 Å². The van der Waals surface area contributed by atoms with Gasteiger partial charge in [0.05, 0.1) is 12.6 Å². The molecule has 1 aliphatic heterocycles. The highest BCUT2D eigenvalue weighted by molar-refractivity contribution is 5.93. The van der Waals surface area contributed by atoms with E-state index >= 15 is 0 Å². The SMILES string of the molecule is Cc1ccc2c(c1)C(NC(=O)CCC(=O)Nc1ccc(F)cc1)CCO2.